The molecular formula is C23H19NO4. The zero-order chi connectivity index (χ0) is 19.5. The number of carboxylic acids is 1. The van der Waals surface area contributed by atoms with Gasteiger partial charge in [0.2, 0.25) is 0 Å². The summed E-state index contributed by atoms with van der Waals surface area (Å²) in [6, 6.07) is 22.7. The van der Waals surface area contributed by atoms with E-state index in [-0.39, 0.29) is 6.42 Å². The number of methoxy groups -OCH3 is 1. The second-order valence-electron chi connectivity index (χ2n) is 6.40. The lowest BCUT2D eigenvalue weighted by Gasteiger charge is -2.08. The molecule has 4 aromatic rings. The lowest BCUT2D eigenvalue weighted by atomic mass is 10.0. The monoisotopic (exact) mass is 373 g/mol. The molecule has 1 heterocycles. The van der Waals surface area contributed by atoms with Crippen LogP contribution in [0.3, 0.4) is 0 Å². The summed E-state index contributed by atoms with van der Waals surface area (Å²) in [6.07, 6.45) is -0.0910. The van der Waals surface area contributed by atoms with Gasteiger partial charge in [-0.2, -0.15) is 0 Å². The Hall–Kier alpha value is -3.73. The molecule has 0 radical (unpaired) electrons. The Balaban J connectivity index is 1.79. The number of hydrogen-bond acceptors (Lipinski definition) is 3. The molecular weight excluding hydrogens is 354 g/mol. The Kier molecular flexibility index (Phi) is 4.72. The van der Waals surface area contributed by atoms with Crippen molar-refractivity contribution in [1.29, 1.82) is 0 Å². The number of aromatic amines is 1. The van der Waals surface area contributed by atoms with Crippen LogP contribution in [0, 0.1) is 0 Å². The van der Waals surface area contributed by atoms with Crippen LogP contribution in [0.1, 0.15) is 5.56 Å². The maximum Gasteiger partial charge on any atom is 0.307 e. The summed E-state index contributed by atoms with van der Waals surface area (Å²) in [5.41, 5.74) is 3.21. The molecule has 5 nitrogen and oxygen atoms in total. The van der Waals surface area contributed by atoms with Crippen molar-refractivity contribution in [2.24, 2.45) is 0 Å². The molecule has 0 atom stereocenters. The van der Waals surface area contributed by atoms with E-state index in [1.807, 2.05) is 72.8 Å². The third-order valence-electron chi connectivity index (χ3n) is 4.54. The Morgan fingerprint density at radius 2 is 1.71 bits per heavy atom. The molecule has 3 aromatic carbocycles. The standard InChI is InChI=1S/C23H19NO4/c1-27-17-10-11-21-19(13-17)20(14-22(25)26)23(24-21)15-6-5-9-18(12-15)28-16-7-3-2-4-8-16/h2-13,24H,14H2,1H3,(H,25,26). The lowest BCUT2D eigenvalue weighted by molar-refractivity contribution is -0.136. The first-order valence-corrected chi connectivity index (χ1v) is 8.88. The highest BCUT2D eigenvalue weighted by Crippen LogP contribution is 2.35. The largest absolute Gasteiger partial charge is 0.497 e. The van der Waals surface area contributed by atoms with Crippen molar-refractivity contribution in [3.8, 4) is 28.5 Å². The van der Waals surface area contributed by atoms with Crippen molar-refractivity contribution in [1.82, 2.24) is 4.98 Å². The van der Waals surface area contributed by atoms with E-state index in [1.54, 1.807) is 7.11 Å². The van der Waals surface area contributed by atoms with Crippen LogP contribution in [0.25, 0.3) is 22.2 Å². The fourth-order valence-electron chi connectivity index (χ4n) is 3.27. The highest BCUT2D eigenvalue weighted by molar-refractivity contribution is 5.94. The van der Waals surface area contributed by atoms with Crippen molar-refractivity contribution in [3.05, 3.63) is 78.4 Å². The molecule has 0 unspecified atom stereocenters. The topological polar surface area (TPSA) is 71.5 Å². The van der Waals surface area contributed by atoms with E-state index in [4.69, 9.17) is 9.47 Å². The molecule has 4 rings (SSSR count). The van der Waals surface area contributed by atoms with Crippen LogP contribution in [0.5, 0.6) is 17.2 Å². The average Bonchev–Trinajstić information content (AvgIpc) is 3.06. The number of aromatic nitrogens is 1. The van der Waals surface area contributed by atoms with Crippen molar-refractivity contribution in [3.63, 3.8) is 0 Å². The van der Waals surface area contributed by atoms with Crippen molar-refractivity contribution >= 4 is 16.9 Å². The van der Waals surface area contributed by atoms with Gasteiger partial charge in [0.1, 0.15) is 17.2 Å². The predicted octanol–water partition coefficient (Wildman–Crippen LogP) is 5.26. The number of carbonyl (C=O) groups is 1. The third-order valence-corrected chi connectivity index (χ3v) is 4.54. The van der Waals surface area contributed by atoms with Gasteiger partial charge in [0.05, 0.1) is 19.2 Å². The Labute approximate surface area is 162 Å². The number of carboxylic acid groups (broad SMARTS) is 1. The maximum atomic E-state index is 11.5. The number of hydrogen-bond donors (Lipinski definition) is 2. The van der Waals surface area contributed by atoms with E-state index >= 15 is 0 Å². The molecule has 0 aliphatic rings. The number of fused-ring (bicyclic) bond motifs is 1. The normalized spacial score (nSPS) is 10.8. The van der Waals surface area contributed by atoms with Crippen LogP contribution in [0.4, 0.5) is 0 Å². The highest BCUT2D eigenvalue weighted by Gasteiger charge is 2.17. The van der Waals surface area contributed by atoms with Crippen LogP contribution in [-0.4, -0.2) is 23.2 Å². The Bertz CT molecular complexity index is 1130. The molecule has 1 aromatic heterocycles. The minimum Gasteiger partial charge on any atom is -0.497 e. The smallest absolute Gasteiger partial charge is 0.307 e. The summed E-state index contributed by atoms with van der Waals surface area (Å²) in [7, 11) is 1.59. The minimum atomic E-state index is -0.887. The van der Waals surface area contributed by atoms with Gasteiger partial charge in [0.15, 0.2) is 0 Å². The van der Waals surface area contributed by atoms with Crippen molar-refractivity contribution in [2.75, 3.05) is 7.11 Å². The van der Waals surface area contributed by atoms with E-state index in [9.17, 15) is 9.90 Å². The number of nitrogens with one attached hydrogen (secondary N) is 1. The van der Waals surface area contributed by atoms with Crippen molar-refractivity contribution < 1.29 is 19.4 Å². The molecule has 5 heteroatoms. The van der Waals surface area contributed by atoms with Crippen molar-refractivity contribution in [2.45, 2.75) is 6.42 Å². The zero-order valence-corrected chi connectivity index (χ0v) is 15.3. The molecule has 0 aliphatic heterocycles. The molecule has 0 saturated heterocycles. The summed E-state index contributed by atoms with van der Waals surface area (Å²) in [5.74, 6) is 1.22. The SMILES string of the molecule is COc1ccc2[nH]c(-c3cccc(Oc4ccccc4)c3)c(CC(=O)O)c2c1. The summed E-state index contributed by atoms with van der Waals surface area (Å²) >= 11 is 0. The van der Waals surface area contributed by atoms with Gasteiger partial charge in [0, 0.05) is 16.5 Å². The fourth-order valence-corrected chi connectivity index (χ4v) is 3.27. The van der Waals surface area contributed by atoms with Gasteiger partial charge in [-0.3, -0.25) is 4.79 Å². The van der Waals surface area contributed by atoms with Gasteiger partial charge < -0.3 is 19.6 Å². The van der Waals surface area contributed by atoms with Crippen LogP contribution in [0.2, 0.25) is 0 Å². The summed E-state index contributed by atoms with van der Waals surface area (Å²) in [6.45, 7) is 0. The second kappa shape index (κ2) is 7.48. The Morgan fingerprint density at radius 1 is 0.929 bits per heavy atom. The zero-order valence-electron chi connectivity index (χ0n) is 15.3. The van der Waals surface area contributed by atoms with Crippen LogP contribution >= 0.6 is 0 Å². The molecule has 0 fully saturated rings. The first-order valence-electron chi connectivity index (χ1n) is 8.88. The molecule has 0 saturated carbocycles. The number of aliphatic carboxylic acids is 1. The van der Waals surface area contributed by atoms with Gasteiger partial charge in [-0.1, -0.05) is 30.3 Å². The van der Waals surface area contributed by atoms with E-state index in [2.05, 4.69) is 4.98 Å². The molecule has 140 valence electrons. The molecule has 0 bridgehead atoms. The van der Waals surface area contributed by atoms with E-state index in [1.165, 1.54) is 0 Å². The van der Waals surface area contributed by atoms with Gasteiger partial charge in [-0.25, -0.2) is 0 Å². The number of rotatable bonds is 6. The third kappa shape index (κ3) is 3.55. The minimum absolute atomic E-state index is 0.0910. The summed E-state index contributed by atoms with van der Waals surface area (Å²) < 4.78 is 11.2. The first kappa shape index (κ1) is 17.7. The highest BCUT2D eigenvalue weighted by atomic mass is 16.5. The second-order valence-corrected chi connectivity index (χ2v) is 6.40. The maximum absolute atomic E-state index is 11.5. The number of benzene rings is 3. The van der Waals surface area contributed by atoms with Gasteiger partial charge in [0.25, 0.3) is 0 Å². The van der Waals surface area contributed by atoms with Crippen LogP contribution in [-0.2, 0) is 11.2 Å². The van der Waals surface area contributed by atoms with Crippen LogP contribution < -0.4 is 9.47 Å². The van der Waals surface area contributed by atoms with Gasteiger partial charge in [-0.05, 0) is 48.0 Å². The number of ether oxygens (including phenoxy) is 2. The van der Waals surface area contributed by atoms with E-state index in [0.29, 0.717) is 11.5 Å². The van der Waals surface area contributed by atoms with Gasteiger partial charge in [-0.15, -0.1) is 0 Å². The average molecular weight is 373 g/mol. The summed E-state index contributed by atoms with van der Waals surface area (Å²) in [5, 5.41) is 10.3. The molecule has 0 amide bonds. The molecule has 0 aliphatic carbocycles. The number of H-pyrrole nitrogens is 1. The molecule has 0 spiro atoms. The summed E-state index contributed by atoms with van der Waals surface area (Å²) in [4.78, 5) is 14.8. The fraction of sp³-hybridized carbons (Fsp3) is 0.0870. The first-order chi connectivity index (χ1) is 13.6. The van der Waals surface area contributed by atoms with E-state index in [0.717, 1.165) is 33.5 Å². The quantitative estimate of drug-likeness (QED) is 0.483. The Morgan fingerprint density at radius 3 is 2.46 bits per heavy atom. The lowest BCUT2D eigenvalue weighted by Crippen LogP contribution is -2.01. The molecule has 2 N–H and O–H groups in total. The predicted molar refractivity (Wildman–Crippen MR) is 108 cm³/mol. The van der Waals surface area contributed by atoms with Gasteiger partial charge >= 0.3 is 5.97 Å². The van der Waals surface area contributed by atoms with E-state index < -0.39 is 5.97 Å². The molecule has 28 heavy (non-hydrogen) atoms. The van der Waals surface area contributed by atoms with Crippen LogP contribution in [0.15, 0.2) is 72.8 Å². The number of para-hydroxylation sites is 1.